The van der Waals surface area contributed by atoms with Gasteiger partial charge in [0.05, 0.1) is 18.8 Å². The van der Waals surface area contributed by atoms with Gasteiger partial charge in [-0.15, -0.1) is 6.58 Å². The van der Waals surface area contributed by atoms with Crippen molar-refractivity contribution in [2.24, 2.45) is 5.92 Å². The van der Waals surface area contributed by atoms with E-state index in [1.54, 1.807) is 6.08 Å². The molecular formula is C17H34O4Si. The van der Waals surface area contributed by atoms with Gasteiger partial charge < -0.3 is 19.0 Å². The molecule has 1 N–H and O–H groups in total. The smallest absolute Gasteiger partial charge is 0.192 e. The van der Waals surface area contributed by atoms with Gasteiger partial charge in [0.15, 0.2) is 14.1 Å². The van der Waals surface area contributed by atoms with Gasteiger partial charge in [0.2, 0.25) is 0 Å². The molecule has 4 nitrogen and oxygen atoms in total. The molecule has 1 aliphatic rings. The Hall–Kier alpha value is -0.203. The number of rotatable bonds is 6. The van der Waals surface area contributed by atoms with Gasteiger partial charge in [0.25, 0.3) is 0 Å². The van der Waals surface area contributed by atoms with Gasteiger partial charge in [-0.2, -0.15) is 0 Å². The van der Waals surface area contributed by atoms with Crippen molar-refractivity contribution in [1.82, 2.24) is 0 Å². The predicted molar refractivity (Wildman–Crippen MR) is 92.3 cm³/mol. The highest BCUT2D eigenvalue weighted by Gasteiger charge is 2.46. The molecule has 0 aromatic carbocycles. The average Bonchev–Trinajstić information content (AvgIpc) is 2.68. The summed E-state index contributed by atoms with van der Waals surface area (Å²) in [5, 5.41) is 10.2. The van der Waals surface area contributed by atoms with Gasteiger partial charge in [-0.25, -0.2) is 0 Å². The van der Waals surface area contributed by atoms with E-state index in [4.69, 9.17) is 13.9 Å². The van der Waals surface area contributed by atoms with Crippen LogP contribution in [0.2, 0.25) is 18.1 Å². The van der Waals surface area contributed by atoms with Gasteiger partial charge in [-0.3, -0.25) is 0 Å². The molecule has 130 valence electrons. The topological polar surface area (TPSA) is 47.9 Å². The zero-order valence-electron chi connectivity index (χ0n) is 15.5. The molecule has 0 bridgehead atoms. The molecule has 0 unspecified atom stereocenters. The zero-order chi connectivity index (χ0) is 17.3. The first-order valence-corrected chi connectivity index (χ1v) is 11.0. The third-order valence-corrected chi connectivity index (χ3v) is 9.44. The maximum atomic E-state index is 10.0. The summed E-state index contributed by atoms with van der Waals surface area (Å²) in [4.78, 5) is 0. The minimum atomic E-state index is -1.84. The van der Waals surface area contributed by atoms with E-state index in [9.17, 15) is 5.11 Å². The molecule has 0 aromatic rings. The highest BCUT2D eigenvalue weighted by atomic mass is 28.4. The summed E-state index contributed by atoms with van der Waals surface area (Å²) in [7, 11) is -1.84. The van der Waals surface area contributed by atoms with E-state index < -0.39 is 20.2 Å². The number of aliphatic hydroxyl groups excluding tert-OH is 1. The summed E-state index contributed by atoms with van der Waals surface area (Å²) in [5.74, 6) is -0.742. The van der Waals surface area contributed by atoms with Crippen molar-refractivity contribution >= 4 is 8.32 Å². The highest BCUT2D eigenvalue weighted by molar-refractivity contribution is 6.74. The summed E-state index contributed by atoms with van der Waals surface area (Å²) in [5.41, 5.74) is 0. The van der Waals surface area contributed by atoms with Crippen molar-refractivity contribution in [3.8, 4) is 0 Å². The van der Waals surface area contributed by atoms with Gasteiger partial charge in [0, 0.05) is 5.92 Å². The van der Waals surface area contributed by atoms with E-state index in [1.165, 1.54) is 0 Å². The molecule has 1 aliphatic heterocycles. The molecule has 0 spiro atoms. The van der Waals surface area contributed by atoms with E-state index in [0.717, 1.165) is 0 Å². The summed E-state index contributed by atoms with van der Waals surface area (Å²) >= 11 is 0. The summed E-state index contributed by atoms with van der Waals surface area (Å²) in [6.07, 6.45) is 0.560. The Morgan fingerprint density at radius 3 is 2.32 bits per heavy atom. The van der Waals surface area contributed by atoms with E-state index in [-0.39, 0.29) is 23.2 Å². The van der Waals surface area contributed by atoms with Crippen LogP contribution in [0.3, 0.4) is 0 Å². The molecule has 1 rings (SSSR count). The van der Waals surface area contributed by atoms with Gasteiger partial charge in [-0.1, -0.05) is 33.8 Å². The average molecular weight is 331 g/mol. The van der Waals surface area contributed by atoms with Crippen molar-refractivity contribution in [1.29, 1.82) is 0 Å². The van der Waals surface area contributed by atoms with Crippen molar-refractivity contribution < 1.29 is 19.0 Å². The number of aliphatic hydroxyl groups is 1. The lowest BCUT2D eigenvalue weighted by atomic mass is 9.94. The number of ether oxygens (including phenoxy) is 2. The van der Waals surface area contributed by atoms with Crippen LogP contribution in [0.15, 0.2) is 12.7 Å². The van der Waals surface area contributed by atoms with Crippen LogP contribution in [-0.2, 0) is 13.9 Å². The van der Waals surface area contributed by atoms with Crippen molar-refractivity contribution in [2.75, 3.05) is 6.61 Å². The third kappa shape index (κ3) is 4.65. The van der Waals surface area contributed by atoms with E-state index >= 15 is 0 Å². The third-order valence-electron chi connectivity index (χ3n) is 4.93. The predicted octanol–water partition coefficient (Wildman–Crippen LogP) is 3.71. The molecule has 1 saturated heterocycles. The Morgan fingerprint density at radius 1 is 1.32 bits per heavy atom. The van der Waals surface area contributed by atoms with Crippen LogP contribution in [0.1, 0.15) is 41.5 Å². The molecule has 0 saturated carbocycles. The fraction of sp³-hybridized carbons (Fsp3) is 0.882. The highest BCUT2D eigenvalue weighted by Crippen LogP contribution is 2.39. The second-order valence-electron chi connectivity index (χ2n) is 8.30. The van der Waals surface area contributed by atoms with Crippen molar-refractivity contribution in [3.63, 3.8) is 0 Å². The minimum Gasteiger partial charge on any atom is -0.414 e. The largest absolute Gasteiger partial charge is 0.414 e. The van der Waals surface area contributed by atoms with Crippen LogP contribution >= 0.6 is 0 Å². The Kier molecular flexibility index (Phi) is 6.07. The molecular weight excluding hydrogens is 296 g/mol. The quantitative estimate of drug-likeness (QED) is 0.596. The lowest BCUT2D eigenvalue weighted by Crippen LogP contribution is -2.45. The first kappa shape index (κ1) is 19.8. The molecule has 0 radical (unpaired) electrons. The number of hydrogen-bond donors (Lipinski definition) is 1. The molecule has 0 aliphatic carbocycles. The van der Waals surface area contributed by atoms with E-state index in [2.05, 4.69) is 40.4 Å². The van der Waals surface area contributed by atoms with Gasteiger partial charge in [0.1, 0.15) is 6.10 Å². The SMILES string of the molecule is C=C[C@H](O)[C@H](C)[C@H]1OC(C)(C)O[C@H]1CO[Si](C)(C)C(C)(C)C. The summed E-state index contributed by atoms with van der Waals surface area (Å²) < 4.78 is 18.3. The van der Waals surface area contributed by atoms with Crippen LogP contribution in [0.5, 0.6) is 0 Å². The van der Waals surface area contributed by atoms with E-state index in [0.29, 0.717) is 6.61 Å². The van der Waals surface area contributed by atoms with Gasteiger partial charge >= 0.3 is 0 Å². The molecule has 0 aromatic heterocycles. The monoisotopic (exact) mass is 330 g/mol. The van der Waals surface area contributed by atoms with Crippen LogP contribution in [0.25, 0.3) is 0 Å². The molecule has 1 heterocycles. The normalized spacial score (nSPS) is 28.4. The first-order valence-electron chi connectivity index (χ1n) is 8.11. The van der Waals surface area contributed by atoms with Gasteiger partial charge in [-0.05, 0) is 32.0 Å². The standard InChI is InChI=1S/C17H34O4Si/c1-10-13(18)12(2)15-14(20-17(6,7)21-15)11-19-22(8,9)16(3,4)5/h10,12-15,18H,1,11H2,2-9H3/t12-,13-,14-,15+/m0/s1. The van der Waals surface area contributed by atoms with Crippen LogP contribution in [0, 0.1) is 5.92 Å². The van der Waals surface area contributed by atoms with Crippen molar-refractivity contribution in [2.45, 2.75) is 83.8 Å². The lowest BCUT2D eigenvalue weighted by Gasteiger charge is -2.37. The Labute approximate surface area is 137 Å². The molecule has 1 fully saturated rings. The van der Waals surface area contributed by atoms with Crippen LogP contribution < -0.4 is 0 Å². The second kappa shape index (κ2) is 6.73. The van der Waals surface area contributed by atoms with Crippen LogP contribution in [-0.4, -0.2) is 44.1 Å². The van der Waals surface area contributed by atoms with Crippen LogP contribution in [0.4, 0.5) is 0 Å². The summed E-state index contributed by atoms with van der Waals surface area (Å²) in [6, 6.07) is 0. The first-order chi connectivity index (χ1) is 9.81. The number of hydrogen-bond acceptors (Lipinski definition) is 4. The zero-order valence-corrected chi connectivity index (χ0v) is 16.5. The van der Waals surface area contributed by atoms with E-state index in [1.807, 2.05) is 20.8 Å². The summed E-state index contributed by atoms with van der Waals surface area (Å²) in [6.45, 7) is 21.0. The lowest BCUT2D eigenvalue weighted by molar-refractivity contribution is -0.154. The fourth-order valence-electron chi connectivity index (χ4n) is 2.35. The molecule has 22 heavy (non-hydrogen) atoms. The fourth-order valence-corrected chi connectivity index (χ4v) is 3.37. The maximum absolute atomic E-state index is 10.0. The Morgan fingerprint density at radius 2 is 1.86 bits per heavy atom. The Bertz CT molecular complexity index is 387. The molecule has 5 heteroatoms. The molecule has 4 atom stereocenters. The second-order valence-corrected chi connectivity index (χ2v) is 13.1. The van der Waals surface area contributed by atoms with Crippen molar-refractivity contribution in [3.05, 3.63) is 12.7 Å². The minimum absolute atomic E-state index is 0.0905. The Balaban J connectivity index is 2.80. The maximum Gasteiger partial charge on any atom is 0.192 e. The molecule has 0 amide bonds.